The van der Waals surface area contributed by atoms with Crippen LogP contribution in [-0.2, 0) is 4.74 Å². The van der Waals surface area contributed by atoms with Gasteiger partial charge in [-0.15, -0.1) is 0 Å². The lowest BCUT2D eigenvalue weighted by Crippen LogP contribution is -2.37. The van der Waals surface area contributed by atoms with Crippen molar-refractivity contribution < 1.29 is 4.74 Å². The lowest BCUT2D eigenvalue weighted by molar-refractivity contribution is 0.195. The first-order valence-corrected chi connectivity index (χ1v) is 6.75. The molecule has 1 aliphatic rings. The first-order chi connectivity index (χ1) is 7.84. The molecule has 0 saturated heterocycles. The number of methoxy groups -OCH3 is 1. The van der Waals surface area contributed by atoms with Gasteiger partial charge in [0.05, 0.1) is 0 Å². The van der Waals surface area contributed by atoms with Crippen LogP contribution in [0.15, 0.2) is 0 Å². The van der Waals surface area contributed by atoms with Crippen molar-refractivity contribution in [2.45, 2.75) is 34.1 Å². The smallest absolute Gasteiger partial charge is 0.166 e. The van der Waals surface area contributed by atoms with Gasteiger partial charge >= 0.3 is 0 Å². The van der Waals surface area contributed by atoms with Crippen LogP contribution in [0.25, 0.3) is 0 Å². The molecule has 2 N–H and O–H groups in total. The van der Waals surface area contributed by atoms with Crippen LogP contribution in [0.4, 0.5) is 0 Å². The van der Waals surface area contributed by atoms with Gasteiger partial charge in [-0.1, -0.05) is 27.7 Å². The Labute approximate surface area is 111 Å². The Hall–Kier alpha value is -0.350. The molecule has 0 aliphatic heterocycles. The first-order valence-electron chi connectivity index (χ1n) is 6.34. The minimum Gasteiger partial charge on any atom is -0.385 e. The van der Waals surface area contributed by atoms with E-state index in [1.165, 1.54) is 0 Å². The largest absolute Gasteiger partial charge is 0.385 e. The Balaban J connectivity index is 2.14. The summed E-state index contributed by atoms with van der Waals surface area (Å²) in [7, 11) is 1.72. The summed E-state index contributed by atoms with van der Waals surface area (Å²) in [5.41, 5.74) is 0.845. The van der Waals surface area contributed by atoms with Gasteiger partial charge in [-0.05, 0) is 35.4 Å². The fourth-order valence-corrected chi connectivity index (χ4v) is 2.70. The predicted molar refractivity (Wildman–Crippen MR) is 76.1 cm³/mol. The van der Waals surface area contributed by atoms with Crippen LogP contribution < -0.4 is 10.6 Å². The minimum absolute atomic E-state index is 0.422. The van der Waals surface area contributed by atoms with Crippen molar-refractivity contribution in [2.75, 3.05) is 26.8 Å². The summed E-state index contributed by atoms with van der Waals surface area (Å²) >= 11 is 5.24. The van der Waals surface area contributed by atoms with Crippen LogP contribution in [0, 0.1) is 16.7 Å². The van der Waals surface area contributed by atoms with Gasteiger partial charge in [0.2, 0.25) is 0 Å². The van der Waals surface area contributed by atoms with Crippen molar-refractivity contribution in [1.82, 2.24) is 10.6 Å². The number of hydrogen-bond acceptors (Lipinski definition) is 2. The summed E-state index contributed by atoms with van der Waals surface area (Å²) in [5.74, 6) is 0.703. The molecule has 1 rings (SSSR count). The Bertz CT molecular complexity index is 263. The monoisotopic (exact) mass is 258 g/mol. The molecule has 3 nitrogen and oxygen atoms in total. The van der Waals surface area contributed by atoms with E-state index in [-0.39, 0.29) is 0 Å². The molecule has 0 radical (unpaired) electrons. The van der Waals surface area contributed by atoms with Gasteiger partial charge in [0.25, 0.3) is 0 Å². The molecule has 1 aliphatic carbocycles. The summed E-state index contributed by atoms with van der Waals surface area (Å²) < 4.78 is 4.98. The van der Waals surface area contributed by atoms with Crippen LogP contribution in [-0.4, -0.2) is 31.9 Å². The highest BCUT2D eigenvalue weighted by atomic mass is 32.1. The Morgan fingerprint density at radius 1 is 1.18 bits per heavy atom. The van der Waals surface area contributed by atoms with Gasteiger partial charge in [0, 0.05) is 26.8 Å². The highest BCUT2D eigenvalue weighted by Crippen LogP contribution is 2.67. The zero-order valence-electron chi connectivity index (χ0n) is 11.7. The van der Waals surface area contributed by atoms with Crippen molar-refractivity contribution in [2.24, 2.45) is 16.7 Å². The Kier molecular flexibility index (Phi) is 4.78. The minimum atomic E-state index is 0.422. The van der Waals surface area contributed by atoms with Gasteiger partial charge in [0.1, 0.15) is 0 Å². The Morgan fingerprint density at radius 3 is 2.24 bits per heavy atom. The van der Waals surface area contributed by atoms with E-state index >= 15 is 0 Å². The molecular weight excluding hydrogens is 232 g/mol. The molecule has 1 saturated carbocycles. The maximum Gasteiger partial charge on any atom is 0.166 e. The molecule has 0 aromatic rings. The molecule has 1 fully saturated rings. The van der Waals surface area contributed by atoms with Crippen LogP contribution in [0.5, 0.6) is 0 Å². The zero-order valence-corrected chi connectivity index (χ0v) is 12.5. The zero-order chi connectivity index (χ0) is 13.1. The number of nitrogens with one attached hydrogen (secondary N) is 2. The number of thiocarbonyl (C=S) groups is 1. The van der Waals surface area contributed by atoms with Crippen molar-refractivity contribution in [3.63, 3.8) is 0 Å². The molecule has 17 heavy (non-hydrogen) atoms. The van der Waals surface area contributed by atoms with Gasteiger partial charge in [0.15, 0.2) is 5.11 Å². The number of rotatable bonds is 6. The number of hydrogen-bond donors (Lipinski definition) is 2. The van der Waals surface area contributed by atoms with Gasteiger partial charge in [-0.25, -0.2) is 0 Å². The SMILES string of the molecule is COCCCNC(=S)NCC1C(C)(C)C1(C)C. The van der Waals surface area contributed by atoms with E-state index in [4.69, 9.17) is 17.0 Å². The quantitative estimate of drug-likeness (QED) is 0.565. The lowest BCUT2D eigenvalue weighted by Gasteiger charge is -2.11. The molecular formula is C13H26N2OS. The summed E-state index contributed by atoms with van der Waals surface area (Å²) in [6.45, 7) is 11.9. The maximum atomic E-state index is 5.24. The average molecular weight is 258 g/mol. The summed E-state index contributed by atoms with van der Waals surface area (Å²) in [5, 5.41) is 7.27. The van der Waals surface area contributed by atoms with E-state index in [1.807, 2.05) is 0 Å². The van der Waals surface area contributed by atoms with E-state index in [9.17, 15) is 0 Å². The predicted octanol–water partition coefficient (Wildman–Crippen LogP) is 2.17. The van der Waals surface area contributed by atoms with Crippen molar-refractivity contribution in [3.05, 3.63) is 0 Å². The molecule has 0 atom stereocenters. The van der Waals surface area contributed by atoms with E-state index < -0.39 is 0 Å². The third-order valence-electron chi connectivity index (χ3n) is 4.60. The highest BCUT2D eigenvalue weighted by molar-refractivity contribution is 7.80. The van der Waals surface area contributed by atoms with Gasteiger partial charge < -0.3 is 15.4 Å². The second kappa shape index (κ2) is 5.53. The molecule has 0 amide bonds. The normalized spacial score (nSPS) is 21.0. The second-order valence-corrected chi connectivity index (χ2v) is 6.39. The molecule has 0 bridgehead atoms. The summed E-state index contributed by atoms with van der Waals surface area (Å²) in [6, 6.07) is 0. The van der Waals surface area contributed by atoms with Gasteiger partial charge in [-0.2, -0.15) is 0 Å². The average Bonchev–Trinajstić information content (AvgIpc) is 2.62. The Morgan fingerprint density at radius 2 is 1.76 bits per heavy atom. The molecule has 0 aromatic heterocycles. The van der Waals surface area contributed by atoms with Crippen LogP contribution >= 0.6 is 12.2 Å². The van der Waals surface area contributed by atoms with E-state index in [0.717, 1.165) is 31.2 Å². The summed E-state index contributed by atoms with van der Waals surface area (Å²) in [6.07, 6.45) is 0.985. The van der Waals surface area contributed by atoms with Gasteiger partial charge in [-0.3, -0.25) is 0 Å². The van der Waals surface area contributed by atoms with E-state index in [1.54, 1.807) is 7.11 Å². The topological polar surface area (TPSA) is 33.3 Å². The maximum absolute atomic E-state index is 5.24. The third kappa shape index (κ3) is 3.32. The second-order valence-electron chi connectivity index (χ2n) is 5.98. The lowest BCUT2D eigenvalue weighted by atomic mass is 10.0. The molecule has 0 aromatic carbocycles. The highest BCUT2D eigenvalue weighted by Gasteiger charge is 2.64. The molecule has 0 spiro atoms. The molecule has 100 valence electrons. The fourth-order valence-electron chi connectivity index (χ4n) is 2.52. The molecule has 0 unspecified atom stereocenters. The van der Waals surface area contributed by atoms with Crippen LogP contribution in [0.3, 0.4) is 0 Å². The third-order valence-corrected chi connectivity index (χ3v) is 4.89. The van der Waals surface area contributed by atoms with Crippen molar-refractivity contribution >= 4 is 17.3 Å². The van der Waals surface area contributed by atoms with Crippen LogP contribution in [0.2, 0.25) is 0 Å². The van der Waals surface area contributed by atoms with Crippen molar-refractivity contribution in [3.8, 4) is 0 Å². The number of ether oxygens (including phenoxy) is 1. The van der Waals surface area contributed by atoms with Crippen LogP contribution in [0.1, 0.15) is 34.1 Å². The fraction of sp³-hybridized carbons (Fsp3) is 0.923. The molecule has 4 heteroatoms. The van der Waals surface area contributed by atoms with Crippen molar-refractivity contribution in [1.29, 1.82) is 0 Å². The van der Waals surface area contributed by atoms with E-state index in [2.05, 4.69) is 38.3 Å². The summed E-state index contributed by atoms with van der Waals surface area (Å²) in [4.78, 5) is 0. The van der Waals surface area contributed by atoms with E-state index in [0.29, 0.717) is 16.7 Å². The first kappa shape index (κ1) is 14.7. The molecule has 0 heterocycles. The standard InChI is InChI=1S/C13H26N2OS/c1-12(2)10(13(12,3)4)9-15-11(17)14-7-6-8-16-5/h10H,6-9H2,1-5H3,(H2,14,15,17).